The summed E-state index contributed by atoms with van der Waals surface area (Å²) in [6, 6.07) is 7.05. The Labute approximate surface area is 134 Å². The van der Waals surface area contributed by atoms with Gasteiger partial charge < -0.3 is 15.2 Å². The average molecular weight is 320 g/mol. The quantitative estimate of drug-likeness (QED) is 0.822. The van der Waals surface area contributed by atoms with Crippen molar-refractivity contribution in [3.05, 3.63) is 46.4 Å². The maximum absolute atomic E-state index is 12.2. The molecule has 1 aromatic heterocycles. The van der Waals surface area contributed by atoms with Crippen molar-refractivity contribution in [1.82, 2.24) is 10.3 Å². The highest BCUT2D eigenvalue weighted by Crippen LogP contribution is 2.19. The van der Waals surface area contributed by atoms with Crippen LogP contribution in [-0.2, 0) is 6.61 Å². The number of nitrogens with one attached hydrogen (secondary N) is 1. The number of carbonyl (C=O) groups excluding carboxylic acids is 1. The molecule has 0 fully saturated rings. The number of carbonyl (C=O) groups is 1. The first-order valence-corrected chi connectivity index (χ1v) is 8.07. The number of hydrogen-bond acceptors (Lipinski definition) is 5. The Kier molecular flexibility index (Phi) is 5.91. The monoisotopic (exact) mass is 320 g/mol. The van der Waals surface area contributed by atoms with Gasteiger partial charge in [-0.3, -0.25) is 4.79 Å². The zero-order chi connectivity index (χ0) is 15.9. The third-order valence-corrected chi connectivity index (χ3v) is 3.87. The molecule has 6 heteroatoms. The smallest absolute Gasteiger partial charge is 0.255 e. The van der Waals surface area contributed by atoms with E-state index in [-0.39, 0.29) is 18.4 Å². The highest BCUT2D eigenvalue weighted by atomic mass is 32.1. The first kappa shape index (κ1) is 16.5. The van der Waals surface area contributed by atoms with Crippen LogP contribution in [-0.4, -0.2) is 28.6 Å². The molecular formula is C16H20N2O3S. The van der Waals surface area contributed by atoms with Crippen LogP contribution in [0.5, 0.6) is 5.75 Å². The Balaban J connectivity index is 1.99. The molecule has 0 spiro atoms. The van der Waals surface area contributed by atoms with Gasteiger partial charge >= 0.3 is 0 Å². The number of nitrogens with zero attached hydrogens (tertiary/aromatic N) is 1. The maximum atomic E-state index is 12.2. The zero-order valence-electron chi connectivity index (χ0n) is 12.7. The standard InChI is InChI=1S/C16H20N2O3S/c1-11(2)14(19)7-17-16(20)13-5-3-4-6-15(13)21-8-12-9-22-10-18-12/h3-6,9-11,14,19H,7-8H2,1-2H3,(H,17,20). The third-order valence-electron chi connectivity index (χ3n) is 3.23. The van der Waals surface area contributed by atoms with Crippen molar-refractivity contribution in [3.8, 4) is 5.75 Å². The number of ether oxygens (including phenoxy) is 1. The summed E-state index contributed by atoms with van der Waals surface area (Å²) in [5.41, 5.74) is 3.02. The van der Waals surface area contributed by atoms with Gasteiger partial charge in [-0.25, -0.2) is 4.98 Å². The van der Waals surface area contributed by atoms with Gasteiger partial charge in [0.15, 0.2) is 0 Å². The Morgan fingerprint density at radius 2 is 2.18 bits per heavy atom. The molecule has 1 amide bonds. The van der Waals surface area contributed by atoms with Crippen LogP contribution < -0.4 is 10.1 Å². The summed E-state index contributed by atoms with van der Waals surface area (Å²) in [7, 11) is 0. The van der Waals surface area contributed by atoms with E-state index in [1.165, 1.54) is 11.3 Å². The molecular weight excluding hydrogens is 300 g/mol. The van der Waals surface area contributed by atoms with Crippen LogP contribution in [0.2, 0.25) is 0 Å². The van der Waals surface area contributed by atoms with E-state index >= 15 is 0 Å². The molecule has 0 aliphatic rings. The average Bonchev–Trinajstić information content (AvgIpc) is 3.03. The number of aromatic nitrogens is 1. The summed E-state index contributed by atoms with van der Waals surface area (Å²) in [6.45, 7) is 4.35. The van der Waals surface area contributed by atoms with Crippen molar-refractivity contribution in [2.45, 2.75) is 26.6 Å². The van der Waals surface area contributed by atoms with Gasteiger partial charge in [0.2, 0.25) is 0 Å². The molecule has 2 rings (SSSR count). The highest BCUT2D eigenvalue weighted by Gasteiger charge is 2.15. The van der Waals surface area contributed by atoms with E-state index < -0.39 is 6.10 Å². The molecule has 22 heavy (non-hydrogen) atoms. The van der Waals surface area contributed by atoms with Crippen molar-refractivity contribution in [2.75, 3.05) is 6.54 Å². The minimum Gasteiger partial charge on any atom is -0.486 e. The summed E-state index contributed by atoms with van der Waals surface area (Å²) in [4.78, 5) is 16.4. The summed E-state index contributed by atoms with van der Waals surface area (Å²) in [6.07, 6.45) is -0.563. The van der Waals surface area contributed by atoms with Gasteiger partial charge in [-0.15, -0.1) is 11.3 Å². The SMILES string of the molecule is CC(C)C(O)CNC(=O)c1ccccc1OCc1cscn1. The van der Waals surface area contributed by atoms with Crippen LogP contribution >= 0.6 is 11.3 Å². The van der Waals surface area contributed by atoms with Crippen LogP contribution in [0.3, 0.4) is 0 Å². The summed E-state index contributed by atoms with van der Waals surface area (Å²) >= 11 is 1.50. The molecule has 1 unspecified atom stereocenters. The predicted octanol–water partition coefficient (Wildman–Crippen LogP) is 2.47. The van der Waals surface area contributed by atoms with Crippen LogP contribution in [0.4, 0.5) is 0 Å². The van der Waals surface area contributed by atoms with Gasteiger partial charge in [-0.2, -0.15) is 0 Å². The zero-order valence-corrected chi connectivity index (χ0v) is 13.5. The van der Waals surface area contributed by atoms with Crippen molar-refractivity contribution in [2.24, 2.45) is 5.92 Å². The minimum atomic E-state index is -0.563. The summed E-state index contributed by atoms with van der Waals surface area (Å²) in [5.74, 6) is 0.345. The fourth-order valence-corrected chi connectivity index (χ4v) is 2.31. The predicted molar refractivity (Wildman–Crippen MR) is 86.1 cm³/mol. The Hall–Kier alpha value is -1.92. The van der Waals surface area contributed by atoms with E-state index in [0.717, 1.165) is 5.69 Å². The van der Waals surface area contributed by atoms with Gasteiger partial charge in [-0.1, -0.05) is 26.0 Å². The molecule has 1 atom stereocenters. The van der Waals surface area contributed by atoms with E-state index in [2.05, 4.69) is 10.3 Å². The molecule has 0 saturated heterocycles. The molecule has 5 nitrogen and oxygen atoms in total. The first-order chi connectivity index (χ1) is 10.6. The maximum Gasteiger partial charge on any atom is 0.255 e. The van der Waals surface area contributed by atoms with E-state index in [1.807, 2.05) is 25.3 Å². The van der Waals surface area contributed by atoms with E-state index in [9.17, 15) is 9.90 Å². The van der Waals surface area contributed by atoms with E-state index in [1.54, 1.807) is 23.7 Å². The van der Waals surface area contributed by atoms with E-state index in [0.29, 0.717) is 17.9 Å². The largest absolute Gasteiger partial charge is 0.486 e. The molecule has 1 heterocycles. The van der Waals surface area contributed by atoms with Crippen molar-refractivity contribution < 1.29 is 14.6 Å². The Bertz CT molecular complexity index is 599. The van der Waals surface area contributed by atoms with E-state index in [4.69, 9.17) is 4.74 Å². The molecule has 0 saturated carbocycles. The molecule has 1 aromatic carbocycles. The van der Waals surface area contributed by atoms with Crippen LogP contribution in [0.15, 0.2) is 35.2 Å². The number of amides is 1. The lowest BCUT2D eigenvalue weighted by Crippen LogP contribution is -2.34. The number of aliphatic hydroxyl groups excluding tert-OH is 1. The number of thiazole rings is 1. The number of rotatable bonds is 7. The fraction of sp³-hybridized carbons (Fsp3) is 0.375. The van der Waals surface area contributed by atoms with Gasteiger partial charge in [-0.05, 0) is 18.1 Å². The lowest BCUT2D eigenvalue weighted by atomic mass is 10.1. The topological polar surface area (TPSA) is 71.5 Å². The first-order valence-electron chi connectivity index (χ1n) is 7.13. The second-order valence-corrected chi connectivity index (χ2v) is 6.00. The van der Waals surface area contributed by atoms with Gasteiger partial charge in [0.05, 0.1) is 22.9 Å². The van der Waals surface area contributed by atoms with Crippen molar-refractivity contribution in [3.63, 3.8) is 0 Å². The summed E-state index contributed by atoms with van der Waals surface area (Å²) < 4.78 is 5.68. The van der Waals surface area contributed by atoms with Crippen LogP contribution in [0.1, 0.15) is 29.9 Å². The molecule has 0 aliphatic heterocycles. The molecule has 2 aromatic rings. The van der Waals surface area contributed by atoms with Crippen molar-refractivity contribution in [1.29, 1.82) is 0 Å². The lowest BCUT2D eigenvalue weighted by Gasteiger charge is -2.16. The number of aliphatic hydroxyl groups is 1. The molecule has 2 N–H and O–H groups in total. The molecule has 0 aliphatic carbocycles. The number of para-hydroxylation sites is 1. The number of hydrogen-bond donors (Lipinski definition) is 2. The molecule has 118 valence electrons. The van der Waals surface area contributed by atoms with Gasteiger partial charge in [0.25, 0.3) is 5.91 Å². The van der Waals surface area contributed by atoms with Gasteiger partial charge in [0.1, 0.15) is 12.4 Å². The Morgan fingerprint density at radius 1 is 1.41 bits per heavy atom. The molecule has 0 radical (unpaired) electrons. The second kappa shape index (κ2) is 7.91. The Morgan fingerprint density at radius 3 is 2.86 bits per heavy atom. The van der Waals surface area contributed by atoms with Crippen LogP contribution in [0.25, 0.3) is 0 Å². The third kappa shape index (κ3) is 4.54. The lowest BCUT2D eigenvalue weighted by molar-refractivity contribution is 0.0867. The molecule has 0 bridgehead atoms. The van der Waals surface area contributed by atoms with Crippen LogP contribution in [0, 0.1) is 5.92 Å². The highest BCUT2D eigenvalue weighted by molar-refractivity contribution is 7.07. The van der Waals surface area contributed by atoms with Gasteiger partial charge in [0, 0.05) is 11.9 Å². The normalized spacial score (nSPS) is 12.2. The second-order valence-electron chi connectivity index (χ2n) is 5.29. The summed E-state index contributed by atoms with van der Waals surface area (Å²) in [5, 5.41) is 14.4. The van der Waals surface area contributed by atoms with Crippen molar-refractivity contribution >= 4 is 17.2 Å². The minimum absolute atomic E-state index is 0.0939. The number of benzene rings is 1. The fourth-order valence-electron chi connectivity index (χ4n) is 1.77.